The fraction of sp³-hybridized carbons (Fsp3) is 0.188. The normalized spacial score (nSPS) is 11.9. The number of aromatic nitrogens is 2. The van der Waals surface area contributed by atoms with Crippen LogP contribution in [0.3, 0.4) is 0 Å². The van der Waals surface area contributed by atoms with Gasteiger partial charge in [0.25, 0.3) is 0 Å². The monoisotopic (exact) mass is 635 g/mol. The summed E-state index contributed by atoms with van der Waals surface area (Å²) in [5.74, 6) is -1.91. The standard InChI is InChI=1S/C32H30FN3O6S2/c1-4-21-14-15-28-26(17-21)30(25-12-8-16-34-32(25)42-2)31(36(28)19-22-9-5-6-13-27(22)33)29(37)20-44(40,41)24-11-7-10-23(18-24)35-43(3,38)39/h5-18,35H,4,19-20H2,1-3H3. The van der Waals surface area contributed by atoms with E-state index in [1.165, 1.54) is 31.4 Å². The number of Topliss-reactive ketones (excluding diaryl/α,β-unsaturated/α-hetero) is 1. The number of carbonyl (C=O) groups is 1. The number of rotatable bonds is 11. The third-order valence-corrected chi connectivity index (χ3v) is 9.36. The van der Waals surface area contributed by atoms with E-state index in [2.05, 4.69) is 9.71 Å². The Morgan fingerprint density at radius 3 is 2.45 bits per heavy atom. The van der Waals surface area contributed by atoms with Gasteiger partial charge in [0, 0.05) is 39.5 Å². The first-order valence-corrected chi connectivity index (χ1v) is 17.2. The molecule has 0 aliphatic heterocycles. The lowest BCUT2D eigenvalue weighted by Crippen LogP contribution is -2.21. The van der Waals surface area contributed by atoms with Crippen molar-refractivity contribution in [3.05, 3.63) is 108 Å². The first-order chi connectivity index (χ1) is 20.9. The minimum Gasteiger partial charge on any atom is -0.481 e. The number of aryl methyl sites for hydroxylation is 1. The fourth-order valence-corrected chi connectivity index (χ4v) is 6.98. The number of nitrogens with one attached hydrogen (secondary N) is 1. The molecule has 0 bridgehead atoms. The van der Waals surface area contributed by atoms with Gasteiger partial charge in [0.1, 0.15) is 11.6 Å². The minimum absolute atomic E-state index is 0.0440. The van der Waals surface area contributed by atoms with E-state index >= 15 is 0 Å². The molecule has 9 nitrogen and oxygen atoms in total. The maximum atomic E-state index is 15.0. The lowest BCUT2D eigenvalue weighted by atomic mass is 9.99. The number of sulfonamides is 1. The minimum atomic E-state index is -4.27. The smallest absolute Gasteiger partial charge is 0.229 e. The van der Waals surface area contributed by atoms with Crippen molar-refractivity contribution >= 4 is 42.2 Å². The Morgan fingerprint density at radius 2 is 1.75 bits per heavy atom. The SMILES string of the molecule is CCc1ccc2c(c1)c(-c1cccnc1OC)c(C(=O)CS(=O)(=O)c1cccc(NS(C)(=O)=O)c1)n2Cc1ccccc1F. The third-order valence-electron chi connectivity index (χ3n) is 7.14. The van der Waals surface area contributed by atoms with E-state index in [1.807, 2.05) is 25.1 Å². The van der Waals surface area contributed by atoms with Crippen molar-refractivity contribution in [3.8, 4) is 17.0 Å². The molecule has 0 radical (unpaired) electrons. The molecular weight excluding hydrogens is 605 g/mol. The van der Waals surface area contributed by atoms with Gasteiger partial charge in [-0.2, -0.15) is 0 Å². The maximum Gasteiger partial charge on any atom is 0.229 e. The van der Waals surface area contributed by atoms with Gasteiger partial charge < -0.3 is 9.30 Å². The number of ether oxygens (including phenoxy) is 1. The number of carbonyl (C=O) groups excluding carboxylic acids is 1. The molecule has 0 aliphatic carbocycles. The van der Waals surface area contributed by atoms with E-state index in [-0.39, 0.29) is 28.7 Å². The summed E-state index contributed by atoms with van der Waals surface area (Å²) in [6.07, 6.45) is 3.19. The zero-order valence-corrected chi connectivity index (χ0v) is 25.9. The highest BCUT2D eigenvalue weighted by molar-refractivity contribution is 7.92. The van der Waals surface area contributed by atoms with Crippen LogP contribution < -0.4 is 9.46 Å². The zero-order chi connectivity index (χ0) is 31.6. The first kappa shape index (κ1) is 30.9. The van der Waals surface area contributed by atoms with Crippen LogP contribution >= 0.6 is 0 Å². The second-order valence-electron chi connectivity index (χ2n) is 10.3. The third kappa shape index (κ3) is 6.36. The molecule has 0 aliphatic rings. The Balaban J connectivity index is 1.74. The summed E-state index contributed by atoms with van der Waals surface area (Å²) in [6, 6.07) is 20.5. The van der Waals surface area contributed by atoms with Crippen LogP contribution in [0.1, 0.15) is 28.5 Å². The van der Waals surface area contributed by atoms with Gasteiger partial charge in [-0.15, -0.1) is 0 Å². The van der Waals surface area contributed by atoms with Crippen LogP contribution in [0.2, 0.25) is 0 Å². The number of fused-ring (bicyclic) bond motifs is 1. The van der Waals surface area contributed by atoms with Crippen LogP contribution in [0.5, 0.6) is 5.88 Å². The molecule has 2 aromatic heterocycles. The summed E-state index contributed by atoms with van der Waals surface area (Å²) in [4.78, 5) is 18.4. The van der Waals surface area contributed by atoms with E-state index < -0.39 is 37.2 Å². The number of anilines is 1. The van der Waals surface area contributed by atoms with Crippen molar-refractivity contribution < 1.29 is 30.8 Å². The molecule has 5 rings (SSSR count). The summed E-state index contributed by atoms with van der Waals surface area (Å²) < 4.78 is 75.1. The molecule has 3 aromatic carbocycles. The summed E-state index contributed by atoms with van der Waals surface area (Å²) in [7, 11) is -6.49. The Labute approximate surface area is 255 Å². The van der Waals surface area contributed by atoms with Crippen molar-refractivity contribution in [2.45, 2.75) is 24.8 Å². The number of hydrogen-bond acceptors (Lipinski definition) is 7. The van der Waals surface area contributed by atoms with Gasteiger partial charge in [0.05, 0.1) is 30.5 Å². The summed E-state index contributed by atoms with van der Waals surface area (Å²) in [5.41, 5.74) is 2.88. The highest BCUT2D eigenvalue weighted by atomic mass is 32.2. The Bertz CT molecular complexity index is 2110. The van der Waals surface area contributed by atoms with Crippen LogP contribution in [0, 0.1) is 5.82 Å². The molecule has 0 unspecified atom stereocenters. The molecule has 1 N–H and O–H groups in total. The molecule has 0 spiro atoms. The highest BCUT2D eigenvalue weighted by Gasteiger charge is 2.30. The average Bonchev–Trinajstić information content (AvgIpc) is 3.30. The molecule has 0 amide bonds. The highest BCUT2D eigenvalue weighted by Crippen LogP contribution is 2.40. The molecule has 2 heterocycles. The summed E-state index contributed by atoms with van der Waals surface area (Å²) >= 11 is 0. The van der Waals surface area contributed by atoms with Gasteiger partial charge in [-0.25, -0.2) is 26.2 Å². The maximum absolute atomic E-state index is 15.0. The number of benzene rings is 3. The second-order valence-corrected chi connectivity index (χ2v) is 14.0. The number of pyridine rings is 1. The summed E-state index contributed by atoms with van der Waals surface area (Å²) in [6.45, 7) is 1.94. The first-order valence-electron chi connectivity index (χ1n) is 13.6. The van der Waals surface area contributed by atoms with Gasteiger partial charge in [0.2, 0.25) is 15.9 Å². The predicted molar refractivity (Wildman–Crippen MR) is 168 cm³/mol. The number of methoxy groups -OCH3 is 1. The average molecular weight is 636 g/mol. The summed E-state index contributed by atoms with van der Waals surface area (Å²) in [5, 5.41) is 0.659. The Hall–Kier alpha value is -4.55. The van der Waals surface area contributed by atoms with Crippen molar-refractivity contribution in [3.63, 3.8) is 0 Å². The molecule has 0 saturated heterocycles. The topological polar surface area (TPSA) is 124 Å². The molecule has 44 heavy (non-hydrogen) atoms. The van der Waals surface area contributed by atoms with Crippen molar-refractivity contribution in [1.29, 1.82) is 0 Å². The van der Waals surface area contributed by atoms with Crippen molar-refractivity contribution in [2.75, 3.05) is 23.8 Å². The van der Waals surface area contributed by atoms with Crippen LogP contribution in [0.25, 0.3) is 22.0 Å². The Morgan fingerprint density at radius 1 is 0.977 bits per heavy atom. The zero-order valence-electron chi connectivity index (χ0n) is 24.2. The van der Waals surface area contributed by atoms with Gasteiger partial charge in [0.15, 0.2) is 15.6 Å². The number of nitrogens with zero attached hydrogens (tertiary/aromatic N) is 2. The lowest BCUT2D eigenvalue weighted by Gasteiger charge is -2.14. The van der Waals surface area contributed by atoms with Gasteiger partial charge in [-0.1, -0.05) is 37.3 Å². The molecule has 0 saturated carbocycles. The van der Waals surface area contributed by atoms with E-state index in [1.54, 1.807) is 41.1 Å². The number of halogens is 1. The van der Waals surface area contributed by atoms with E-state index in [0.717, 1.165) is 17.9 Å². The quantitative estimate of drug-likeness (QED) is 0.190. The van der Waals surface area contributed by atoms with Gasteiger partial charge >= 0.3 is 0 Å². The van der Waals surface area contributed by atoms with Gasteiger partial charge in [-0.05, 0) is 60.5 Å². The van der Waals surface area contributed by atoms with Gasteiger partial charge in [-0.3, -0.25) is 9.52 Å². The van der Waals surface area contributed by atoms with E-state index in [4.69, 9.17) is 4.74 Å². The molecule has 5 aromatic rings. The Kier molecular flexibility index (Phi) is 8.57. The van der Waals surface area contributed by atoms with E-state index in [9.17, 15) is 26.0 Å². The number of sulfone groups is 1. The lowest BCUT2D eigenvalue weighted by molar-refractivity contribution is 0.101. The van der Waals surface area contributed by atoms with Crippen LogP contribution in [-0.4, -0.2) is 51.3 Å². The number of hydrogen-bond donors (Lipinski definition) is 1. The number of ketones is 1. The molecule has 0 fully saturated rings. The van der Waals surface area contributed by atoms with Crippen molar-refractivity contribution in [1.82, 2.24) is 9.55 Å². The van der Waals surface area contributed by atoms with Crippen LogP contribution in [-0.2, 0) is 32.8 Å². The second kappa shape index (κ2) is 12.2. The van der Waals surface area contributed by atoms with E-state index in [0.29, 0.717) is 34.0 Å². The van der Waals surface area contributed by atoms with Crippen LogP contribution in [0.4, 0.5) is 10.1 Å². The van der Waals surface area contributed by atoms with Crippen molar-refractivity contribution in [2.24, 2.45) is 0 Å². The fourth-order valence-electron chi connectivity index (χ4n) is 5.18. The molecule has 12 heteroatoms. The van der Waals surface area contributed by atoms with Crippen LogP contribution in [0.15, 0.2) is 90.0 Å². The predicted octanol–water partition coefficient (Wildman–Crippen LogP) is 5.49. The molecular formula is C32H30FN3O6S2. The molecule has 228 valence electrons. The molecule has 0 atom stereocenters. The largest absolute Gasteiger partial charge is 0.481 e.